The molecule has 2 rings (SSSR count). The molecule has 0 spiro atoms. The molecule has 18 nitrogen and oxygen atoms in total. The summed E-state index contributed by atoms with van der Waals surface area (Å²) in [6.45, 7) is 7.18. The zero-order valence-corrected chi connectivity index (χ0v) is 65.5. The molecule has 2 amide bonds. The fraction of sp³-hybridized carbons (Fsp3) is 0.917. The minimum atomic E-state index is -1.70. The average Bonchev–Trinajstić information content (AvgIpc) is 0.797. The molecule has 2 aliphatic rings. The molecule has 2 aliphatic heterocycles. The van der Waals surface area contributed by atoms with E-state index in [-0.39, 0.29) is 37.0 Å². The van der Waals surface area contributed by atoms with E-state index in [4.69, 9.17) is 23.7 Å². The van der Waals surface area contributed by atoms with E-state index in [9.17, 15) is 54.6 Å². The highest BCUT2D eigenvalue weighted by Gasteiger charge is 2.49. The maximum atomic E-state index is 14.5. The molecule has 0 bridgehead atoms. The van der Waals surface area contributed by atoms with Crippen LogP contribution in [0.25, 0.3) is 0 Å². The number of carbonyl (C=O) groups excluding carboxylic acids is 5. The van der Waals surface area contributed by atoms with Crippen molar-refractivity contribution in [1.82, 2.24) is 10.6 Å². The van der Waals surface area contributed by atoms with Crippen molar-refractivity contribution in [2.45, 2.75) is 480 Å². The lowest BCUT2D eigenvalue weighted by atomic mass is 9.95. The molecule has 4 unspecified atom stereocenters. The lowest BCUT2D eigenvalue weighted by molar-refractivity contribution is -0.279. The number of carbonyl (C=O) groups is 5. The fourth-order valence-corrected chi connectivity index (χ4v) is 14.3. The quantitative estimate of drug-likeness (QED) is 0.0160. The van der Waals surface area contributed by atoms with Crippen molar-refractivity contribution in [3.05, 3.63) is 11.8 Å². The van der Waals surface area contributed by atoms with Crippen molar-refractivity contribution >= 4 is 29.7 Å². The molecule has 0 aromatic rings. The normalized spacial score (nSPS) is 19.6. The van der Waals surface area contributed by atoms with Gasteiger partial charge in [-0.25, -0.2) is 4.79 Å². The van der Waals surface area contributed by atoms with E-state index >= 15 is 0 Å². The first-order chi connectivity index (χ1) is 49.6. The van der Waals surface area contributed by atoms with Gasteiger partial charge >= 0.3 is 17.9 Å². The molecule has 0 saturated carbocycles. The van der Waals surface area contributed by atoms with Crippen LogP contribution in [0.5, 0.6) is 0 Å². The predicted molar refractivity (Wildman–Crippen MR) is 409 cm³/mol. The highest BCUT2D eigenvalue weighted by molar-refractivity contribution is 5.94. The number of hydrogen-bond acceptors (Lipinski definition) is 16. The number of amides is 2. The van der Waals surface area contributed by atoms with E-state index in [1.54, 1.807) is 0 Å². The van der Waals surface area contributed by atoms with Gasteiger partial charge in [-0.05, 0) is 51.5 Å². The minimum Gasteiger partial charge on any atom is -0.462 e. The van der Waals surface area contributed by atoms with E-state index in [1.807, 2.05) is 6.92 Å². The number of esters is 3. The molecular weight excluding hydrogens is 1290 g/mol. The van der Waals surface area contributed by atoms with Gasteiger partial charge in [0.1, 0.15) is 36.2 Å². The Hall–Kier alpha value is -3.23. The smallest absolute Gasteiger partial charge is 0.355 e. The number of rotatable bonds is 72. The van der Waals surface area contributed by atoms with Gasteiger partial charge in [-0.3, -0.25) is 19.2 Å². The second-order valence-electron chi connectivity index (χ2n) is 30.8. The third kappa shape index (κ3) is 51.9. The van der Waals surface area contributed by atoms with Crippen molar-refractivity contribution < 1.29 is 78.3 Å². The Bertz CT molecular complexity index is 2050. The Labute approximate surface area is 621 Å². The summed E-state index contributed by atoms with van der Waals surface area (Å²) in [4.78, 5) is 68.2. The SMILES string of the molecule is CCCCCCCCCCCCCC(CC(=O)N[C@H]1[C@H](OC[C@H]2OC(=O)C(NC(=O)CC(O)CCCCCCCCCCC)=C[C@@H]2O)O[C@H](CO)[C@@H](O)[C@@H]1OC(=O)CC(O)CCCCCCCCCCC)OC(=O)CCCCCCCCCCCCCCCCCCCCCCCCCC(C)O. The van der Waals surface area contributed by atoms with E-state index in [0.717, 1.165) is 115 Å². The Morgan fingerprint density at radius 2 is 0.833 bits per heavy atom. The number of nitrogens with one attached hydrogen (secondary N) is 2. The summed E-state index contributed by atoms with van der Waals surface area (Å²) in [6.07, 6.45) is 51.3. The van der Waals surface area contributed by atoms with Crippen LogP contribution in [-0.4, -0.2) is 141 Å². The Morgan fingerprint density at radius 1 is 0.461 bits per heavy atom. The summed E-state index contributed by atoms with van der Waals surface area (Å²) >= 11 is 0. The van der Waals surface area contributed by atoms with Gasteiger partial charge in [0.05, 0.1) is 50.8 Å². The number of aliphatic hydroxyl groups excluding tert-OH is 6. The van der Waals surface area contributed by atoms with Crippen LogP contribution in [0, 0.1) is 0 Å². The van der Waals surface area contributed by atoms with Gasteiger partial charge in [-0.2, -0.15) is 0 Å². The summed E-state index contributed by atoms with van der Waals surface area (Å²) in [5.41, 5.74) is -0.310. The zero-order chi connectivity index (χ0) is 74.3. The lowest BCUT2D eigenvalue weighted by Crippen LogP contribution is -2.66. The van der Waals surface area contributed by atoms with Crippen LogP contribution in [0.2, 0.25) is 0 Å². The lowest BCUT2D eigenvalue weighted by Gasteiger charge is -2.44. The molecule has 18 heteroatoms. The van der Waals surface area contributed by atoms with Crippen LogP contribution in [0.1, 0.15) is 413 Å². The average molecular weight is 1450 g/mol. The van der Waals surface area contributed by atoms with Gasteiger partial charge in [-0.1, -0.05) is 342 Å². The number of ether oxygens (including phenoxy) is 5. The van der Waals surface area contributed by atoms with Crippen molar-refractivity contribution in [3.8, 4) is 0 Å². The minimum absolute atomic E-state index is 0.158. The first kappa shape index (κ1) is 94.8. The van der Waals surface area contributed by atoms with Crippen LogP contribution in [0.3, 0.4) is 0 Å². The van der Waals surface area contributed by atoms with Gasteiger partial charge in [-0.15, -0.1) is 0 Å². The van der Waals surface area contributed by atoms with E-state index in [0.29, 0.717) is 32.1 Å². The van der Waals surface area contributed by atoms with Crippen LogP contribution >= 0.6 is 0 Å². The summed E-state index contributed by atoms with van der Waals surface area (Å²) in [7, 11) is 0. The van der Waals surface area contributed by atoms with Gasteiger partial charge in [0, 0.05) is 6.42 Å². The number of unbranched alkanes of at least 4 members (excludes halogenated alkanes) is 48. The van der Waals surface area contributed by atoms with Crippen LogP contribution in [0.4, 0.5) is 0 Å². The van der Waals surface area contributed by atoms with E-state index in [2.05, 4.69) is 31.4 Å². The molecule has 2 heterocycles. The van der Waals surface area contributed by atoms with Crippen molar-refractivity contribution in [1.29, 1.82) is 0 Å². The third-order valence-electron chi connectivity index (χ3n) is 20.8. The molecule has 102 heavy (non-hydrogen) atoms. The number of cyclic esters (lactones) is 1. The molecule has 0 aliphatic carbocycles. The summed E-state index contributed by atoms with van der Waals surface area (Å²) < 4.78 is 29.8. The number of hydrogen-bond donors (Lipinski definition) is 8. The van der Waals surface area contributed by atoms with Crippen LogP contribution < -0.4 is 10.6 Å². The first-order valence-electron chi connectivity index (χ1n) is 42.8. The Kier molecular flexibility index (Phi) is 61.4. The zero-order valence-electron chi connectivity index (χ0n) is 65.5. The first-order valence-corrected chi connectivity index (χ1v) is 42.8. The standard InChI is InChI=1S/C84H156N2O16/c1-5-8-11-14-17-20-34-40-45-50-55-60-71(99-78(94)61-56-51-46-41-36-33-31-29-27-25-23-21-22-24-26-28-30-32-35-39-42-47-52-57-68(4)88)64-77(93)86-80-82(102-79(95)63-70(90)59-54-49-44-38-19-16-13-10-7-3)81(96)74(66-87)101-84(80)98-67-75-73(91)65-72(83(97)100-75)85-76(92)62-69(89)58-53-48-43-37-18-15-12-9-6-2/h65,68-71,73-75,80-82,84,87-91,96H,5-64,66-67H2,1-4H3,(H,85,92)(H,86,93)/t68?,69?,70?,71?,73-,74+,75+,80+,81+,82+,84+/m0/s1. The van der Waals surface area contributed by atoms with Gasteiger partial charge < -0.3 is 65.0 Å². The topological polar surface area (TPSA) is 277 Å². The summed E-state index contributed by atoms with van der Waals surface area (Å²) in [5.74, 6) is -3.46. The summed E-state index contributed by atoms with van der Waals surface area (Å²) in [5, 5.41) is 69.9. The van der Waals surface area contributed by atoms with Gasteiger partial charge in [0.25, 0.3) is 0 Å². The van der Waals surface area contributed by atoms with E-state index < -0.39 is 105 Å². The molecule has 0 aromatic heterocycles. The van der Waals surface area contributed by atoms with Crippen molar-refractivity contribution in [3.63, 3.8) is 0 Å². The number of aliphatic hydroxyl groups is 6. The maximum Gasteiger partial charge on any atom is 0.355 e. The van der Waals surface area contributed by atoms with Crippen molar-refractivity contribution in [2.75, 3.05) is 13.2 Å². The largest absolute Gasteiger partial charge is 0.462 e. The second-order valence-corrected chi connectivity index (χ2v) is 30.8. The third-order valence-corrected chi connectivity index (χ3v) is 20.8. The highest BCUT2D eigenvalue weighted by atomic mass is 16.7. The summed E-state index contributed by atoms with van der Waals surface area (Å²) in [6, 6.07) is -1.46. The molecule has 0 aromatic carbocycles. The molecule has 1 fully saturated rings. The fourth-order valence-electron chi connectivity index (χ4n) is 14.3. The van der Waals surface area contributed by atoms with Crippen LogP contribution in [-0.2, 0) is 47.7 Å². The monoisotopic (exact) mass is 1450 g/mol. The highest BCUT2D eigenvalue weighted by Crippen LogP contribution is 2.29. The Balaban J connectivity index is 2.07. The molecular formula is C84H156N2O16. The maximum absolute atomic E-state index is 14.5. The molecule has 0 radical (unpaired) electrons. The molecule has 8 N–H and O–H groups in total. The Morgan fingerprint density at radius 3 is 1.24 bits per heavy atom. The molecule has 1 saturated heterocycles. The van der Waals surface area contributed by atoms with Crippen molar-refractivity contribution in [2.24, 2.45) is 0 Å². The van der Waals surface area contributed by atoms with E-state index in [1.165, 1.54) is 218 Å². The molecule has 598 valence electrons. The molecule has 11 atom stereocenters. The second kappa shape index (κ2) is 66.0. The van der Waals surface area contributed by atoms with Gasteiger partial charge in [0.2, 0.25) is 11.8 Å². The predicted octanol–water partition coefficient (Wildman–Crippen LogP) is 18.2. The van der Waals surface area contributed by atoms with Gasteiger partial charge in [0.15, 0.2) is 18.5 Å². The van der Waals surface area contributed by atoms with Crippen LogP contribution in [0.15, 0.2) is 11.8 Å².